The molecular weight excluding hydrogens is 655 g/mol. The number of anilines is 3. The lowest BCUT2D eigenvalue weighted by molar-refractivity contribution is 0.483. The van der Waals surface area contributed by atoms with Gasteiger partial charge in [0.15, 0.2) is 13.7 Å². The van der Waals surface area contributed by atoms with Crippen LogP contribution in [-0.4, -0.2) is 18.0 Å². The molecule has 246 valence electrons. The van der Waals surface area contributed by atoms with Gasteiger partial charge in [0.1, 0.15) is 22.9 Å². The van der Waals surface area contributed by atoms with E-state index in [2.05, 4.69) is 125 Å². The molecule has 1 aliphatic rings. The molecule has 6 aromatic carbocycles. The molecule has 0 bridgehead atoms. The number of aromatic nitrogens is 2. The molecule has 4 heterocycles. The second kappa shape index (κ2) is 12.2. The Hall–Kier alpha value is -6.76. The fourth-order valence-corrected chi connectivity index (χ4v) is 13.0. The summed E-state index contributed by atoms with van der Waals surface area (Å²) in [5.74, 6) is 2.26. The Balaban J connectivity index is 1.28. The normalized spacial score (nSPS) is 13.1. The molecule has 52 heavy (non-hydrogen) atoms. The minimum atomic E-state index is -2.98. The maximum atomic E-state index is 6.88. The molecular formula is C46H31N3O2Si. The van der Waals surface area contributed by atoms with E-state index >= 15 is 0 Å². The monoisotopic (exact) mass is 685 g/mol. The van der Waals surface area contributed by atoms with Crippen LogP contribution in [0.25, 0.3) is 33.2 Å². The zero-order valence-corrected chi connectivity index (χ0v) is 29.1. The van der Waals surface area contributed by atoms with Gasteiger partial charge in [-0.15, -0.1) is 0 Å². The largest absolute Gasteiger partial charge is 0.457 e. The van der Waals surface area contributed by atoms with Gasteiger partial charge in [0.25, 0.3) is 0 Å². The number of fused-ring (bicyclic) bond motifs is 6. The molecule has 1 aliphatic heterocycles. The van der Waals surface area contributed by atoms with Crippen molar-refractivity contribution in [1.29, 1.82) is 0 Å². The first-order valence-electron chi connectivity index (χ1n) is 17.4. The first-order valence-corrected chi connectivity index (χ1v) is 19.4. The van der Waals surface area contributed by atoms with Gasteiger partial charge < -0.3 is 9.15 Å². The average Bonchev–Trinajstić information content (AvgIpc) is 3.60. The smallest absolute Gasteiger partial charge is 0.184 e. The van der Waals surface area contributed by atoms with Gasteiger partial charge in [-0.05, 0) is 69.3 Å². The number of furan rings is 1. The molecule has 0 unspecified atom stereocenters. The summed E-state index contributed by atoms with van der Waals surface area (Å²) in [5, 5.41) is 7.22. The number of rotatable bonds is 6. The van der Waals surface area contributed by atoms with Crippen LogP contribution < -0.4 is 30.4 Å². The number of para-hydroxylation sites is 1. The van der Waals surface area contributed by atoms with E-state index in [1.807, 2.05) is 73.1 Å². The Morgan fingerprint density at radius 3 is 1.96 bits per heavy atom. The van der Waals surface area contributed by atoms with Gasteiger partial charge in [-0.2, -0.15) is 0 Å². The molecule has 0 spiro atoms. The molecule has 0 atom stereocenters. The summed E-state index contributed by atoms with van der Waals surface area (Å²) in [4.78, 5) is 11.8. The number of ether oxygens (including phenoxy) is 1. The Morgan fingerprint density at radius 2 is 1.21 bits per heavy atom. The van der Waals surface area contributed by atoms with E-state index in [0.717, 1.165) is 61.9 Å². The molecule has 0 N–H and O–H groups in total. The second-order valence-corrected chi connectivity index (χ2v) is 16.7. The molecule has 9 aromatic rings. The Labute approximate surface area is 302 Å². The van der Waals surface area contributed by atoms with Crippen molar-refractivity contribution in [3.63, 3.8) is 0 Å². The molecule has 0 aliphatic carbocycles. The van der Waals surface area contributed by atoms with Crippen LogP contribution in [0.1, 0.15) is 0 Å². The fourth-order valence-electron chi connectivity index (χ4n) is 7.92. The second-order valence-electron chi connectivity index (χ2n) is 13.0. The summed E-state index contributed by atoms with van der Waals surface area (Å²) >= 11 is 0. The van der Waals surface area contributed by atoms with Crippen molar-refractivity contribution in [3.8, 4) is 22.8 Å². The van der Waals surface area contributed by atoms with Crippen LogP contribution in [0.3, 0.4) is 0 Å². The number of benzene rings is 6. The predicted molar refractivity (Wildman–Crippen MR) is 213 cm³/mol. The Bertz CT molecular complexity index is 2680. The third kappa shape index (κ3) is 4.69. The fraction of sp³-hybridized carbons (Fsp3) is 0. The first kappa shape index (κ1) is 30.1. The minimum absolute atomic E-state index is 0.724. The summed E-state index contributed by atoms with van der Waals surface area (Å²) in [6.07, 6.45) is 3.66. The lowest BCUT2D eigenvalue weighted by Gasteiger charge is -2.44. The number of nitrogens with zero attached hydrogens (tertiary/aromatic N) is 3. The SMILES string of the molecule is c1ccc([Si]2(c3ccccc3)c3ccc(Oc4cccc(-c5ccccn5)c4)cc3N(c3ccccn3)c3c2ccc2c3oc3ccccc32)cc1. The van der Waals surface area contributed by atoms with Gasteiger partial charge in [-0.25, -0.2) is 4.98 Å². The molecule has 0 saturated carbocycles. The lowest BCUT2D eigenvalue weighted by Crippen LogP contribution is -2.77. The molecule has 0 amide bonds. The Morgan fingerprint density at radius 1 is 0.519 bits per heavy atom. The van der Waals surface area contributed by atoms with Crippen molar-refractivity contribution in [2.75, 3.05) is 4.90 Å². The molecule has 3 aromatic heterocycles. The lowest BCUT2D eigenvalue weighted by atomic mass is 10.1. The third-order valence-corrected chi connectivity index (χ3v) is 14.9. The van der Waals surface area contributed by atoms with Crippen LogP contribution in [0.15, 0.2) is 193 Å². The summed E-state index contributed by atoms with van der Waals surface area (Å²) in [6, 6.07) is 61.5. The highest BCUT2D eigenvalue weighted by atomic mass is 28.3. The molecule has 0 fully saturated rings. The van der Waals surface area contributed by atoms with E-state index in [1.165, 1.54) is 20.7 Å². The van der Waals surface area contributed by atoms with Crippen LogP contribution in [0.5, 0.6) is 11.5 Å². The summed E-state index contributed by atoms with van der Waals surface area (Å²) in [6.45, 7) is 0. The minimum Gasteiger partial charge on any atom is -0.457 e. The van der Waals surface area contributed by atoms with Crippen molar-refractivity contribution in [3.05, 3.63) is 188 Å². The number of hydrogen-bond donors (Lipinski definition) is 0. The summed E-state index contributed by atoms with van der Waals surface area (Å²) in [7, 11) is -2.98. The van der Waals surface area contributed by atoms with Gasteiger partial charge in [0.05, 0.1) is 17.1 Å². The van der Waals surface area contributed by atoms with E-state index < -0.39 is 8.07 Å². The molecule has 0 saturated heterocycles. The van der Waals surface area contributed by atoms with Gasteiger partial charge in [0, 0.05) is 34.8 Å². The molecule has 6 heteroatoms. The van der Waals surface area contributed by atoms with Crippen molar-refractivity contribution in [1.82, 2.24) is 9.97 Å². The Kier molecular flexibility index (Phi) is 7.08. The predicted octanol–water partition coefficient (Wildman–Crippen LogP) is 9.00. The molecule has 0 radical (unpaired) electrons. The highest BCUT2D eigenvalue weighted by molar-refractivity contribution is 7.21. The van der Waals surface area contributed by atoms with E-state index in [-0.39, 0.29) is 0 Å². The first-order chi connectivity index (χ1) is 25.8. The van der Waals surface area contributed by atoms with E-state index in [9.17, 15) is 0 Å². The maximum Gasteiger partial charge on any atom is 0.184 e. The van der Waals surface area contributed by atoms with E-state index in [0.29, 0.717) is 0 Å². The van der Waals surface area contributed by atoms with Crippen LogP contribution in [-0.2, 0) is 0 Å². The zero-order valence-electron chi connectivity index (χ0n) is 28.1. The van der Waals surface area contributed by atoms with Crippen LogP contribution in [0.4, 0.5) is 17.2 Å². The van der Waals surface area contributed by atoms with Crippen LogP contribution in [0.2, 0.25) is 0 Å². The topological polar surface area (TPSA) is 51.4 Å². The van der Waals surface area contributed by atoms with Gasteiger partial charge in [0.2, 0.25) is 0 Å². The average molecular weight is 686 g/mol. The summed E-state index contributed by atoms with van der Waals surface area (Å²) in [5.41, 5.74) is 5.60. The molecule has 5 nitrogen and oxygen atoms in total. The number of pyridine rings is 2. The zero-order chi connectivity index (χ0) is 34.5. The van der Waals surface area contributed by atoms with E-state index in [1.54, 1.807) is 0 Å². The highest BCUT2D eigenvalue weighted by Crippen LogP contribution is 2.45. The highest BCUT2D eigenvalue weighted by Gasteiger charge is 2.50. The summed E-state index contributed by atoms with van der Waals surface area (Å²) < 4.78 is 13.6. The van der Waals surface area contributed by atoms with E-state index in [4.69, 9.17) is 14.1 Å². The van der Waals surface area contributed by atoms with Gasteiger partial charge in [-0.3, -0.25) is 9.88 Å². The van der Waals surface area contributed by atoms with Crippen LogP contribution in [0, 0.1) is 0 Å². The van der Waals surface area contributed by atoms with Crippen molar-refractivity contribution in [2.45, 2.75) is 0 Å². The van der Waals surface area contributed by atoms with Crippen molar-refractivity contribution < 1.29 is 9.15 Å². The standard InChI is InChI=1S/C46H31N3O2Si/c1-3-16-35(17-4-1)52(36-18-5-2-6-19-36)42-26-24-34(50-33-15-13-14-32(30-33)39-21-9-11-28-47-39)31-40(42)49(44-23-10-12-29-48-44)45-43(52)27-25-38-37-20-7-8-22-41(37)51-46(38)45/h1-31H. The molecule has 10 rings (SSSR count). The van der Waals surface area contributed by atoms with Crippen LogP contribution >= 0.6 is 0 Å². The van der Waals surface area contributed by atoms with Crippen molar-refractivity contribution in [2.24, 2.45) is 0 Å². The maximum absolute atomic E-state index is 6.88. The quantitative estimate of drug-likeness (QED) is 0.164. The number of hydrogen-bond acceptors (Lipinski definition) is 5. The van der Waals surface area contributed by atoms with Gasteiger partial charge >= 0.3 is 0 Å². The third-order valence-electron chi connectivity index (χ3n) is 10.1. The van der Waals surface area contributed by atoms with Crippen molar-refractivity contribution >= 4 is 68.0 Å². The van der Waals surface area contributed by atoms with Gasteiger partial charge in [-0.1, -0.05) is 121 Å².